The maximum Gasteiger partial charge on any atom is 0.134 e. The third-order valence-electron chi connectivity index (χ3n) is 1.65. The van der Waals surface area contributed by atoms with Gasteiger partial charge >= 0.3 is 0 Å². The molecule has 0 aliphatic carbocycles. The summed E-state index contributed by atoms with van der Waals surface area (Å²) in [6, 6.07) is 0. The van der Waals surface area contributed by atoms with Crippen molar-refractivity contribution in [1.29, 1.82) is 0 Å². The zero-order valence-corrected chi connectivity index (χ0v) is 9.52. The van der Waals surface area contributed by atoms with Crippen molar-refractivity contribution in [3.05, 3.63) is 11.5 Å². The zero-order valence-electron chi connectivity index (χ0n) is 9.52. The summed E-state index contributed by atoms with van der Waals surface area (Å²) in [6.45, 7) is 11.0. The Morgan fingerprint density at radius 3 is 1.85 bits per heavy atom. The van der Waals surface area contributed by atoms with Crippen molar-refractivity contribution in [3.8, 4) is 0 Å². The second kappa shape index (κ2) is 6.81. The third kappa shape index (κ3) is 4.81. The summed E-state index contributed by atoms with van der Waals surface area (Å²) in [4.78, 5) is 0. The molecule has 0 N–H and O–H groups in total. The molecule has 2 heteroatoms. The topological polar surface area (TPSA) is 18.5 Å². The molecule has 0 aliphatic rings. The highest BCUT2D eigenvalue weighted by molar-refractivity contribution is 5.00. The molecule has 0 aromatic carbocycles. The lowest BCUT2D eigenvalue weighted by Gasteiger charge is -2.16. The quantitative estimate of drug-likeness (QED) is 0.591. The Balaban J connectivity index is 4.41. The highest BCUT2D eigenvalue weighted by Gasteiger charge is 2.07. The first kappa shape index (κ1) is 12.3. The Kier molecular flexibility index (Phi) is 6.47. The maximum absolute atomic E-state index is 5.66. The van der Waals surface area contributed by atoms with Crippen LogP contribution in [0.15, 0.2) is 11.5 Å². The molecular formula is C11H22O2. The van der Waals surface area contributed by atoms with E-state index in [4.69, 9.17) is 9.47 Å². The van der Waals surface area contributed by atoms with Crippen molar-refractivity contribution in [1.82, 2.24) is 0 Å². The number of allylic oxidation sites excluding steroid dienone is 2. The van der Waals surface area contributed by atoms with E-state index in [1.165, 1.54) is 0 Å². The molecule has 0 saturated carbocycles. The summed E-state index contributed by atoms with van der Waals surface area (Å²) in [5.74, 6) is 2.00. The summed E-state index contributed by atoms with van der Waals surface area (Å²) < 4.78 is 11.2. The van der Waals surface area contributed by atoms with Crippen LogP contribution in [0.3, 0.4) is 0 Å². The second-order valence-corrected chi connectivity index (χ2v) is 3.15. The van der Waals surface area contributed by atoms with Gasteiger partial charge in [-0.1, -0.05) is 13.8 Å². The molecular weight excluding hydrogens is 164 g/mol. The maximum atomic E-state index is 5.66. The van der Waals surface area contributed by atoms with E-state index in [2.05, 4.69) is 13.8 Å². The van der Waals surface area contributed by atoms with E-state index >= 15 is 0 Å². The first-order valence-corrected chi connectivity index (χ1v) is 5.17. The minimum Gasteiger partial charge on any atom is -0.495 e. The lowest BCUT2D eigenvalue weighted by atomic mass is 10.2. The van der Waals surface area contributed by atoms with E-state index in [1.807, 2.05) is 20.8 Å². The second-order valence-electron chi connectivity index (χ2n) is 3.15. The highest BCUT2D eigenvalue weighted by atomic mass is 16.5. The van der Waals surface area contributed by atoms with Gasteiger partial charge in [0.2, 0.25) is 0 Å². The molecule has 0 radical (unpaired) electrons. The van der Waals surface area contributed by atoms with Gasteiger partial charge in [-0.3, -0.25) is 0 Å². The molecule has 2 nitrogen and oxygen atoms in total. The molecule has 0 spiro atoms. The van der Waals surface area contributed by atoms with Crippen LogP contribution in [0.25, 0.3) is 0 Å². The molecule has 0 rings (SSSR count). The molecule has 0 atom stereocenters. The standard InChI is InChI=1S/C11H22O2/c1-6-10(12-8-3)11(7-2)13-9(4)5/h9H,6-8H2,1-5H3/b11-10-. The van der Waals surface area contributed by atoms with Crippen molar-refractivity contribution in [2.45, 2.75) is 53.6 Å². The summed E-state index contributed by atoms with van der Waals surface area (Å²) in [7, 11) is 0. The van der Waals surface area contributed by atoms with Gasteiger partial charge in [-0.25, -0.2) is 0 Å². The SMILES string of the molecule is CCO/C(CC)=C(/CC)OC(C)C. The largest absolute Gasteiger partial charge is 0.495 e. The van der Waals surface area contributed by atoms with Crippen molar-refractivity contribution < 1.29 is 9.47 Å². The molecule has 0 aromatic rings. The van der Waals surface area contributed by atoms with Gasteiger partial charge in [0, 0.05) is 12.8 Å². The van der Waals surface area contributed by atoms with Gasteiger partial charge in [-0.15, -0.1) is 0 Å². The van der Waals surface area contributed by atoms with Gasteiger partial charge in [-0.2, -0.15) is 0 Å². The first-order chi connectivity index (χ1) is 6.15. The van der Waals surface area contributed by atoms with Crippen LogP contribution in [0.1, 0.15) is 47.5 Å². The third-order valence-corrected chi connectivity index (χ3v) is 1.65. The van der Waals surface area contributed by atoms with Crippen molar-refractivity contribution in [3.63, 3.8) is 0 Å². The number of ether oxygens (including phenoxy) is 2. The lowest BCUT2D eigenvalue weighted by Crippen LogP contribution is -2.06. The van der Waals surface area contributed by atoms with Crippen molar-refractivity contribution in [2.75, 3.05) is 6.61 Å². The summed E-state index contributed by atoms with van der Waals surface area (Å²) in [6.07, 6.45) is 2.04. The summed E-state index contributed by atoms with van der Waals surface area (Å²) in [5.41, 5.74) is 0. The van der Waals surface area contributed by atoms with E-state index < -0.39 is 0 Å². The fourth-order valence-corrected chi connectivity index (χ4v) is 1.18. The Labute approximate surface area is 81.9 Å². The molecule has 0 amide bonds. The average Bonchev–Trinajstić information content (AvgIpc) is 2.10. The predicted molar refractivity (Wildman–Crippen MR) is 55.5 cm³/mol. The van der Waals surface area contributed by atoms with Crippen molar-refractivity contribution in [2.24, 2.45) is 0 Å². The van der Waals surface area contributed by atoms with Gasteiger partial charge in [-0.05, 0) is 20.8 Å². The van der Waals surface area contributed by atoms with Crippen LogP contribution in [0.2, 0.25) is 0 Å². The van der Waals surface area contributed by atoms with Crippen LogP contribution in [0, 0.1) is 0 Å². The van der Waals surface area contributed by atoms with Gasteiger partial charge in [0.25, 0.3) is 0 Å². The zero-order chi connectivity index (χ0) is 10.3. The fourth-order valence-electron chi connectivity index (χ4n) is 1.18. The minimum absolute atomic E-state index is 0.233. The van der Waals surface area contributed by atoms with E-state index in [9.17, 15) is 0 Å². The average molecular weight is 186 g/mol. The normalized spacial score (nSPS) is 12.8. The Bertz CT molecular complexity index is 159. The van der Waals surface area contributed by atoms with E-state index in [1.54, 1.807) is 0 Å². The van der Waals surface area contributed by atoms with Crippen LogP contribution >= 0.6 is 0 Å². The number of hydrogen-bond donors (Lipinski definition) is 0. The summed E-state index contributed by atoms with van der Waals surface area (Å²) >= 11 is 0. The van der Waals surface area contributed by atoms with Crippen LogP contribution < -0.4 is 0 Å². The molecule has 0 aromatic heterocycles. The van der Waals surface area contributed by atoms with Crippen LogP contribution in [0.4, 0.5) is 0 Å². The molecule has 13 heavy (non-hydrogen) atoms. The van der Waals surface area contributed by atoms with Crippen LogP contribution in [-0.2, 0) is 9.47 Å². The Morgan fingerprint density at radius 1 is 1.00 bits per heavy atom. The Morgan fingerprint density at radius 2 is 1.54 bits per heavy atom. The molecule has 0 aliphatic heterocycles. The molecule has 0 fully saturated rings. The van der Waals surface area contributed by atoms with Gasteiger partial charge < -0.3 is 9.47 Å². The first-order valence-electron chi connectivity index (χ1n) is 5.17. The number of rotatable bonds is 6. The number of hydrogen-bond acceptors (Lipinski definition) is 2. The van der Waals surface area contributed by atoms with E-state index in [-0.39, 0.29) is 6.10 Å². The van der Waals surface area contributed by atoms with E-state index in [0.717, 1.165) is 24.4 Å². The molecule has 0 bridgehead atoms. The minimum atomic E-state index is 0.233. The molecule has 0 saturated heterocycles. The highest BCUT2D eigenvalue weighted by Crippen LogP contribution is 2.16. The predicted octanol–water partition coefficient (Wildman–Crippen LogP) is 3.48. The molecule has 78 valence electrons. The monoisotopic (exact) mass is 186 g/mol. The lowest BCUT2D eigenvalue weighted by molar-refractivity contribution is 0.109. The van der Waals surface area contributed by atoms with Crippen LogP contribution in [-0.4, -0.2) is 12.7 Å². The molecule has 0 heterocycles. The van der Waals surface area contributed by atoms with Crippen LogP contribution in [0.5, 0.6) is 0 Å². The van der Waals surface area contributed by atoms with Gasteiger partial charge in [0.15, 0.2) is 0 Å². The summed E-state index contributed by atoms with van der Waals surface area (Å²) in [5, 5.41) is 0. The molecule has 0 unspecified atom stereocenters. The van der Waals surface area contributed by atoms with Crippen molar-refractivity contribution >= 4 is 0 Å². The van der Waals surface area contributed by atoms with Gasteiger partial charge in [0.1, 0.15) is 11.5 Å². The van der Waals surface area contributed by atoms with E-state index in [0.29, 0.717) is 6.61 Å². The Hall–Kier alpha value is -0.660. The van der Waals surface area contributed by atoms with Gasteiger partial charge in [0.05, 0.1) is 12.7 Å². The fraction of sp³-hybridized carbons (Fsp3) is 0.818. The smallest absolute Gasteiger partial charge is 0.134 e.